The number of nitrogens with one attached hydrogen (secondary N) is 1. The van der Waals surface area contributed by atoms with Gasteiger partial charge in [0, 0.05) is 15.1 Å². The standard InChI is InChI=1S/C10H5BrClIN2O2/c11-6-2-1-4(12)3-5(6)8-14-9(16)7(13)10(17)15-8/h1-3H,(H2,14,15,16,17). The molecule has 0 spiro atoms. The fourth-order valence-electron chi connectivity index (χ4n) is 1.25. The van der Waals surface area contributed by atoms with Crippen LogP contribution in [0.4, 0.5) is 0 Å². The molecular weight excluding hydrogens is 422 g/mol. The van der Waals surface area contributed by atoms with Gasteiger partial charge in [0.05, 0.1) is 0 Å². The molecule has 0 radical (unpaired) electrons. The SMILES string of the molecule is O=c1[nH]c(-c2cc(Cl)ccc2Br)nc(O)c1I. The van der Waals surface area contributed by atoms with Crippen molar-refractivity contribution in [3.8, 4) is 17.3 Å². The Balaban J connectivity index is 2.69. The van der Waals surface area contributed by atoms with Crippen molar-refractivity contribution < 1.29 is 5.11 Å². The van der Waals surface area contributed by atoms with Crippen molar-refractivity contribution in [2.75, 3.05) is 0 Å². The van der Waals surface area contributed by atoms with Gasteiger partial charge < -0.3 is 10.1 Å². The van der Waals surface area contributed by atoms with Gasteiger partial charge in [-0.15, -0.1) is 0 Å². The maximum absolute atomic E-state index is 11.5. The molecule has 0 saturated heterocycles. The van der Waals surface area contributed by atoms with Crippen LogP contribution >= 0.6 is 50.1 Å². The van der Waals surface area contributed by atoms with E-state index in [-0.39, 0.29) is 20.8 Å². The number of hydrogen-bond acceptors (Lipinski definition) is 3. The number of rotatable bonds is 1. The molecule has 2 rings (SSSR count). The van der Waals surface area contributed by atoms with E-state index in [4.69, 9.17) is 11.6 Å². The number of aromatic hydroxyl groups is 1. The van der Waals surface area contributed by atoms with Crippen LogP contribution in [0.2, 0.25) is 5.02 Å². The molecule has 0 aliphatic heterocycles. The van der Waals surface area contributed by atoms with Crippen LogP contribution in [0.15, 0.2) is 27.5 Å². The van der Waals surface area contributed by atoms with Gasteiger partial charge in [0.15, 0.2) is 0 Å². The number of aromatic nitrogens is 2. The predicted molar refractivity (Wildman–Crippen MR) is 77.4 cm³/mol. The average molecular weight is 427 g/mol. The van der Waals surface area contributed by atoms with Crippen molar-refractivity contribution in [1.82, 2.24) is 9.97 Å². The van der Waals surface area contributed by atoms with Gasteiger partial charge in [-0.1, -0.05) is 27.5 Å². The summed E-state index contributed by atoms with van der Waals surface area (Å²) in [5.41, 5.74) is 0.223. The molecule has 1 aromatic carbocycles. The van der Waals surface area contributed by atoms with Crippen molar-refractivity contribution >= 4 is 50.1 Å². The number of benzene rings is 1. The van der Waals surface area contributed by atoms with Crippen molar-refractivity contribution in [2.45, 2.75) is 0 Å². The molecule has 0 aliphatic rings. The van der Waals surface area contributed by atoms with Gasteiger partial charge in [-0.2, -0.15) is 4.98 Å². The van der Waals surface area contributed by atoms with E-state index >= 15 is 0 Å². The van der Waals surface area contributed by atoms with Crippen LogP contribution in [0.1, 0.15) is 0 Å². The van der Waals surface area contributed by atoms with Crippen LogP contribution in [0.3, 0.4) is 0 Å². The second-order valence-corrected chi connectivity index (χ2v) is 5.55. The Morgan fingerprint density at radius 1 is 1.47 bits per heavy atom. The summed E-state index contributed by atoms with van der Waals surface area (Å²) in [6.07, 6.45) is 0. The summed E-state index contributed by atoms with van der Waals surface area (Å²) in [6.45, 7) is 0. The lowest BCUT2D eigenvalue weighted by Crippen LogP contribution is -2.12. The van der Waals surface area contributed by atoms with E-state index in [1.54, 1.807) is 40.8 Å². The molecule has 2 aromatic rings. The first-order chi connectivity index (χ1) is 7.99. The molecule has 1 heterocycles. The highest BCUT2D eigenvalue weighted by Crippen LogP contribution is 2.29. The quantitative estimate of drug-likeness (QED) is 0.688. The smallest absolute Gasteiger partial charge is 0.268 e. The number of hydrogen-bond donors (Lipinski definition) is 2. The predicted octanol–water partition coefficient (Wildman–Crippen LogP) is 3.16. The van der Waals surface area contributed by atoms with Crippen LogP contribution in [0, 0.1) is 3.57 Å². The van der Waals surface area contributed by atoms with Crippen molar-refractivity contribution in [1.29, 1.82) is 0 Å². The summed E-state index contributed by atoms with van der Waals surface area (Å²) < 4.78 is 0.884. The van der Waals surface area contributed by atoms with Gasteiger partial charge in [0.2, 0.25) is 5.88 Å². The Bertz CT molecular complexity index is 645. The Morgan fingerprint density at radius 3 is 2.82 bits per heavy atom. The van der Waals surface area contributed by atoms with Crippen LogP contribution in [-0.4, -0.2) is 15.1 Å². The Morgan fingerprint density at radius 2 is 2.18 bits per heavy atom. The van der Waals surface area contributed by atoms with Gasteiger partial charge in [-0.05, 0) is 40.8 Å². The molecule has 0 fully saturated rings. The topological polar surface area (TPSA) is 66.0 Å². The second-order valence-electron chi connectivity index (χ2n) is 3.18. The maximum atomic E-state index is 11.5. The van der Waals surface area contributed by atoms with E-state index in [0.717, 1.165) is 4.47 Å². The first kappa shape index (κ1) is 12.8. The molecule has 0 saturated carbocycles. The van der Waals surface area contributed by atoms with Crippen molar-refractivity contribution in [3.63, 3.8) is 0 Å². The summed E-state index contributed by atoms with van der Waals surface area (Å²) in [6, 6.07) is 5.10. The van der Waals surface area contributed by atoms with E-state index in [1.165, 1.54) is 0 Å². The van der Waals surface area contributed by atoms with Crippen LogP contribution in [0.5, 0.6) is 5.88 Å². The van der Waals surface area contributed by atoms with Crippen molar-refractivity contribution in [3.05, 3.63) is 41.6 Å². The van der Waals surface area contributed by atoms with Gasteiger partial charge in [0.1, 0.15) is 9.39 Å². The minimum absolute atomic E-state index is 0.157. The van der Waals surface area contributed by atoms with Gasteiger partial charge in [-0.25, -0.2) is 0 Å². The van der Waals surface area contributed by atoms with Gasteiger partial charge in [0.25, 0.3) is 5.56 Å². The number of H-pyrrole nitrogens is 1. The molecule has 0 unspecified atom stereocenters. The molecule has 88 valence electrons. The molecule has 0 atom stereocenters. The highest BCUT2D eigenvalue weighted by molar-refractivity contribution is 14.1. The lowest BCUT2D eigenvalue weighted by atomic mass is 10.2. The zero-order chi connectivity index (χ0) is 12.6. The largest absolute Gasteiger partial charge is 0.492 e. The number of nitrogens with zero attached hydrogens (tertiary/aromatic N) is 1. The third-order valence-corrected chi connectivity index (χ3v) is 3.93. The van der Waals surface area contributed by atoms with E-state index in [0.29, 0.717) is 10.6 Å². The molecule has 0 bridgehead atoms. The molecule has 7 heteroatoms. The number of aromatic amines is 1. The minimum Gasteiger partial charge on any atom is -0.492 e. The van der Waals surface area contributed by atoms with Crippen LogP contribution in [-0.2, 0) is 0 Å². The molecule has 1 aromatic heterocycles. The molecule has 0 amide bonds. The summed E-state index contributed by atoms with van der Waals surface area (Å²) in [5.74, 6) is -0.0292. The first-order valence-electron chi connectivity index (χ1n) is 4.43. The summed E-state index contributed by atoms with van der Waals surface area (Å²) >= 11 is 10.9. The Labute approximate surface area is 123 Å². The number of halogens is 3. The maximum Gasteiger partial charge on any atom is 0.268 e. The zero-order valence-electron chi connectivity index (χ0n) is 8.17. The fraction of sp³-hybridized carbons (Fsp3) is 0. The van der Waals surface area contributed by atoms with E-state index in [9.17, 15) is 9.90 Å². The highest BCUT2D eigenvalue weighted by Gasteiger charge is 2.11. The summed E-state index contributed by atoms with van der Waals surface area (Å²) in [5, 5.41) is 10.0. The molecular formula is C10H5BrClIN2O2. The van der Waals surface area contributed by atoms with E-state index < -0.39 is 0 Å². The van der Waals surface area contributed by atoms with Crippen LogP contribution in [0.25, 0.3) is 11.4 Å². The summed E-state index contributed by atoms with van der Waals surface area (Å²) in [7, 11) is 0. The third kappa shape index (κ3) is 2.63. The molecule has 2 N–H and O–H groups in total. The van der Waals surface area contributed by atoms with E-state index in [2.05, 4.69) is 25.9 Å². The molecule has 17 heavy (non-hydrogen) atoms. The van der Waals surface area contributed by atoms with Gasteiger partial charge >= 0.3 is 0 Å². The zero-order valence-corrected chi connectivity index (χ0v) is 12.7. The molecule has 0 aliphatic carbocycles. The average Bonchev–Trinajstić information content (AvgIpc) is 2.28. The fourth-order valence-corrected chi connectivity index (χ4v) is 2.12. The third-order valence-electron chi connectivity index (χ3n) is 2.03. The van der Waals surface area contributed by atoms with Crippen molar-refractivity contribution in [2.24, 2.45) is 0 Å². The highest BCUT2D eigenvalue weighted by atomic mass is 127. The van der Waals surface area contributed by atoms with E-state index in [1.807, 2.05) is 0 Å². The Hall–Kier alpha value is -0.600. The minimum atomic E-state index is -0.389. The Kier molecular flexibility index (Phi) is 3.74. The lowest BCUT2D eigenvalue weighted by molar-refractivity contribution is 0.447. The summed E-state index contributed by atoms with van der Waals surface area (Å²) in [4.78, 5) is 18.0. The monoisotopic (exact) mass is 426 g/mol. The van der Waals surface area contributed by atoms with Crippen LogP contribution < -0.4 is 5.56 Å². The normalized spacial score (nSPS) is 10.5. The second kappa shape index (κ2) is 4.95. The lowest BCUT2D eigenvalue weighted by Gasteiger charge is -2.05. The first-order valence-corrected chi connectivity index (χ1v) is 6.68. The van der Waals surface area contributed by atoms with Gasteiger partial charge in [-0.3, -0.25) is 4.79 Å². The molecule has 4 nitrogen and oxygen atoms in total.